The van der Waals surface area contributed by atoms with Crippen LogP contribution in [-0.2, 0) is 11.2 Å². The van der Waals surface area contributed by atoms with Crippen LogP contribution in [0.4, 0.5) is 0 Å². The van der Waals surface area contributed by atoms with Crippen molar-refractivity contribution in [3.8, 4) is 39.9 Å². The Labute approximate surface area is 209 Å². The van der Waals surface area contributed by atoms with E-state index >= 15 is 0 Å². The van der Waals surface area contributed by atoms with Crippen LogP contribution in [0.5, 0.6) is 28.7 Å². The van der Waals surface area contributed by atoms with Gasteiger partial charge in [0.1, 0.15) is 5.75 Å². The first-order valence-corrected chi connectivity index (χ1v) is 11.5. The van der Waals surface area contributed by atoms with E-state index in [9.17, 15) is 9.59 Å². The fourth-order valence-corrected chi connectivity index (χ4v) is 4.52. The summed E-state index contributed by atoms with van der Waals surface area (Å²) in [5, 5.41) is 3.05. The Balaban J connectivity index is 1.80. The molecule has 0 saturated carbocycles. The van der Waals surface area contributed by atoms with E-state index in [0.717, 1.165) is 16.7 Å². The monoisotopic (exact) mass is 491 g/mol. The number of aryl methyl sites for hydroxylation is 1. The fourth-order valence-electron chi connectivity index (χ4n) is 4.52. The number of para-hydroxylation sites is 1. The molecule has 0 radical (unpaired) electrons. The number of methoxy groups -OCH3 is 4. The minimum Gasteiger partial charge on any atom is -0.493 e. The molecule has 1 amide bonds. The van der Waals surface area contributed by atoms with Crippen LogP contribution < -0.4 is 34.4 Å². The molecule has 0 saturated heterocycles. The Morgan fingerprint density at radius 2 is 1.61 bits per heavy atom. The van der Waals surface area contributed by atoms with Crippen LogP contribution in [-0.4, -0.2) is 41.0 Å². The molecule has 36 heavy (non-hydrogen) atoms. The summed E-state index contributed by atoms with van der Waals surface area (Å²) in [6, 6.07) is 15.5. The Morgan fingerprint density at radius 1 is 0.889 bits per heavy atom. The number of hydrogen-bond acceptors (Lipinski definition) is 7. The topological polar surface area (TPSA) is 92.3 Å². The molecule has 1 unspecified atom stereocenters. The SMILES string of the molecule is COc1cc2c(c(OC)c1OC)-c1ccc(OC)c(=O)cc1C(NC(=O)COc1ccccc1)CC2. The summed E-state index contributed by atoms with van der Waals surface area (Å²) in [6.07, 6.45) is 1.14. The molecule has 4 rings (SSSR count). The van der Waals surface area contributed by atoms with E-state index in [4.69, 9.17) is 23.7 Å². The highest BCUT2D eigenvalue weighted by Crippen LogP contribution is 2.50. The molecule has 1 N–H and O–H groups in total. The molecule has 3 aromatic carbocycles. The molecular formula is C28H29NO7. The van der Waals surface area contributed by atoms with Crippen LogP contribution >= 0.6 is 0 Å². The summed E-state index contributed by atoms with van der Waals surface area (Å²) in [5.74, 6) is 1.98. The van der Waals surface area contributed by atoms with Crippen molar-refractivity contribution in [2.24, 2.45) is 0 Å². The van der Waals surface area contributed by atoms with Crippen LogP contribution in [0.1, 0.15) is 23.6 Å². The molecular weight excluding hydrogens is 462 g/mol. The van der Waals surface area contributed by atoms with Gasteiger partial charge in [0.25, 0.3) is 5.91 Å². The summed E-state index contributed by atoms with van der Waals surface area (Å²) in [7, 11) is 6.12. The van der Waals surface area contributed by atoms with Crippen molar-refractivity contribution >= 4 is 5.91 Å². The first-order chi connectivity index (χ1) is 17.5. The first kappa shape index (κ1) is 24.9. The number of benzene rings is 2. The molecule has 3 aromatic rings. The first-order valence-electron chi connectivity index (χ1n) is 11.5. The molecule has 0 aliphatic heterocycles. The second-order valence-electron chi connectivity index (χ2n) is 8.22. The summed E-state index contributed by atoms with van der Waals surface area (Å²) in [4.78, 5) is 25.8. The van der Waals surface area contributed by atoms with Gasteiger partial charge in [-0.25, -0.2) is 0 Å². The third-order valence-electron chi connectivity index (χ3n) is 6.17. The van der Waals surface area contributed by atoms with Crippen molar-refractivity contribution in [2.75, 3.05) is 35.0 Å². The van der Waals surface area contributed by atoms with E-state index in [2.05, 4.69) is 5.32 Å². The lowest BCUT2D eigenvalue weighted by molar-refractivity contribution is -0.123. The highest BCUT2D eigenvalue weighted by Gasteiger charge is 2.30. The molecule has 1 aliphatic rings. The molecule has 0 bridgehead atoms. The minimum atomic E-state index is -0.453. The van der Waals surface area contributed by atoms with E-state index in [1.54, 1.807) is 39.5 Å². The minimum absolute atomic E-state index is 0.153. The average Bonchev–Trinajstić information content (AvgIpc) is 3.15. The van der Waals surface area contributed by atoms with Gasteiger partial charge in [0.05, 0.1) is 34.5 Å². The Morgan fingerprint density at radius 3 is 2.28 bits per heavy atom. The second-order valence-corrected chi connectivity index (χ2v) is 8.22. The van der Waals surface area contributed by atoms with Crippen LogP contribution in [0.3, 0.4) is 0 Å². The smallest absolute Gasteiger partial charge is 0.258 e. The van der Waals surface area contributed by atoms with Crippen molar-refractivity contribution < 1.29 is 28.5 Å². The summed E-state index contributed by atoms with van der Waals surface area (Å²) in [6.45, 7) is -0.153. The molecule has 0 fully saturated rings. The zero-order valence-electron chi connectivity index (χ0n) is 20.8. The molecule has 8 heteroatoms. The highest BCUT2D eigenvalue weighted by atomic mass is 16.5. The maximum atomic E-state index is 12.9. The Kier molecular flexibility index (Phi) is 7.63. The van der Waals surface area contributed by atoms with Gasteiger partial charge in [-0.2, -0.15) is 0 Å². The predicted molar refractivity (Wildman–Crippen MR) is 135 cm³/mol. The van der Waals surface area contributed by atoms with Gasteiger partial charge < -0.3 is 29.0 Å². The predicted octanol–water partition coefficient (Wildman–Crippen LogP) is 3.93. The number of fused-ring (bicyclic) bond motifs is 3. The maximum absolute atomic E-state index is 12.9. The summed E-state index contributed by atoms with van der Waals surface area (Å²) in [5.41, 5.74) is 2.82. The van der Waals surface area contributed by atoms with E-state index < -0.39 is 6.04 Å². The van der Waals surface area contributed by atoms with Gasteiger partial charge in [-0.15, -0.1) is 0 Å². The average molecular weight is 492 g/mol. The van der Waals surface area contributed by atoms with E-state index in [1.165, 1.54) is 13.2 Å². The van der Waals surface area contributed by atoms with Gasteiger partial charge in [-0.05, 0) is 59.9 Å². The van der Waals surface area contributed by atoms with Crippen LogP contribution in [0, 0.1) is 0 Å². The third-order valence-corrected chi connectivity index (χ3v) is 6.17. The van der Waals surface area contributed by atoms with Crippen molar-refractivity contribution in [2.45, 2.75) is 18.9 Å². The second kappa shape index (κ2) is 11.0. The summed E-state index contributed by atoms with van der Waals surface area (Å²) >= 11 is 0. The van der Waals surface area contributed by atoms with Crippen LogP contribution in [0.25, 0.3) is 11.1 Å². The fraction of sp³-hybridized carbons (Fsp3) is 0.286. The third kappa shape index (κ3) is 4.93. The highest BCUT2D eigenvalue weighted by molar-refractivity contribution is 5.84. The molecule has 0 spiro atoms. The van der Waals surface area contributed by atoms with Gasteiger partial charge in [-0.3, -0.25) is 9.59 Å². The Hall–Kier alpha value is -4.20. The van der Waals surface area contributed by atoms with Crippen molar-refractivity contribution in [1.82, 2.24) is 5.32 Å². The van der Waals surface area contributed by atoms with Gasteiger partial charge in [0, 0.05) is 5.56 Å². The maximum Gasteiger partial charge on any atom is 0.258 e. The van der Waals surface area contributed by atoms with Gasteiger partial charge >= 0.3 is 0 Å². The molecule has 0 aromatic heterocycles. The van der Waals surface area contributed by atoms with Gasteiger partial charge in [0.15, 0.2) is 23.9 Å². The molecule has 188 valence electrons. The zero-order chi connectivity index (χ0) is 25.7. The lowest BCUT2D eigenvalue weighted by Gasteiger charge is -2.20. The van der Waals surface area contributed by atoms with E-state index in [-0.39, 0.29) is 23.7 Å². The molecule has 8 nitrogen and oxygen atoms in total. The van der Waals surface area contributed by atoms with Crippen molar-refractivity contribution in [1.29, 1.82) is 0 Å². The normalized spacial score (nSPS) is 13.9. The lowest BCUT2D eigenvalue weighted by atomic mass is 9.95. The number of amides is 1. The van der Waals surface area contributed by atoms with Gasteiger partial charge in [0.2, 0.25) is 11.2 Å². The number of nitrogens with one attached hydrogen (secondary N) is 1. The van der Waals surface area contributed by atoms with Crippen LogP contribution in [0.2, 0.25) is 0 Å². The quantitative estimate of drug-likeness (QED) is 0.510. The zero-order valence-corrected chi connectivity index (χ0v) is 20.8. The van der Waals surface area contributed by atoms with Crippen molar-refractivity contribution in [3.63, 3.8) is 0 Å². The molecule has 0 heterocycles. The lowest BCUT2D eigenvalue weighted by Crippen LogP contribution is -2.33. The number of carbonyl (C=O) groups is 1. The number of ether oxygens (including phenoxy) is 5. The summed E-state index contributed by atoms with van der Waals surface area (Å²) < 4.78 is 27.9. The molecule has 1 atom stereocenters. The number of carbonyl (C=O) groups excluding carboxylic acids is 1. The van der Waals surface area contributed by atoms with Gasteiger partial charge in [-0.1, -0.05) is 24.3 Å². The van der Waals surface area contributed by atoms with Crippen molar-refractivity contribution in [3.05, 3.63) is 75.9 Å². The largest absolute Gasteiger partial charge is 0.493 e. The number of hydrogen-bond donors (Lipinski definition) is 1. The van der Waals surface area contributed by atoms with Crippen LogP contribution in [0.15, 0.2) is 59.4 Å². The standard InChI is InChI=1S/C28H29NO7/c1-32-23-13-11-19-20(15-22(23)30)21(29-25(31)16-36-18-8-6-5-7-9-18)12-10-17-14-24(33-2)27(34-3)28(35-4)26(17)19/h5-9,11,13-15,21H,10,12,16H2,1-4H3,(H,29,31). The van der Waals surface area contributed by atoms with E-state index in [0.29, 0.717) is 41.4 Å². The van der Waals surface area contributed by atoms with E-state index in [1.807, 2.05) is 30.3 Å². The molecule has 1 aliphatic carbocycles. The number of rotatable bonds is 8. The Bertz CT molecular complexity index is 1310.